The van der Waals surface area contributed by atoms with Crippen LogP contribution < -0.4 is 0 Å². The molecule has 0 unspecified atom stereocenters. The van der Waals surface area contributed by atoms with E-state index in [-0.39, 0.29) is 0 Å². The zero-order valence-electron chi connectivity index (χ0n) is 13.5. The summed E-state index contributed by atoms with van der Waals surface area (Å²) in [4.78, 5) is 12.5. The first kappa shape index (κ1) is 15.5. The Morgan fingerprint density at radius 3 is 2.28 bits per heavy atom. The largest absolute Gasteiger partial charge is 0.337 e. The minimum atomic E-state index is -3.20. The summed E-state index contributed by atoms with van der Waals surface area (Å²) in [5, 5.41) is 0. The van der Waals surface area contributed by atoms with Crippen LogP contribution in [-0.4, -0.2) is 29.6 Å². The zero-order chi connectivity index (χ0) is 17.4. The predicted octanol–water partition coefficient (Wildman–Crippen LogP) is 3.70. The van der Waals surface area contributed by atoms with E-state index in [1.165, 1.54) is 6.26 Å². The Bertz CT molecular complexity index is 1150. The molecule has 2 aromatic carbocycles. The first-order valence-electron chi connectivity index (χ1n) is 7.72. The van der Waals surface area contributed by atoms with Crippen molar-refractivity contribution in [2.75, 3.05) is 6.26 Å². The van der Waals surface area contributed by atoms with E-state index in [0.717, 1.165) is 28.0 Å². The van der Waals surface area contributed by atoms with E-state index in [1.54, 1.807) is 30.5 Å². The second kappa shape index (κ2) is 5.82. The standard InChI is InChI=1S/C19H15N3O2S/c1-25(23,24)16-9-7-13(8-10-16)15-11-17-19(20-12-15)22-18(21-17)14-5-3-2-4-6-14/h2-12H,1H3,(H,20,21,22). The maximum absolute atomic E-state index is 11.6. The van der Waals surface area contributed by atoms with Crippen molar-refractivity contribution in [3.8, 4) is 22.5 Å². The van der Waals surface area contributed by atoms with Crippen LogP contribution in [0.4, 0.5) is 0 Å². The fraction of sp³-hybridized carbons (Fsp3) is 0.0526. The molecule has 124 valence electrons. The van der Waals surface area contributed by atoms with Gasteiger partial charge in [-0.05, 0) is 23.8 Å². The minimum Gasteiger partial charge on any atom is -0.337 e. The quantitative estimate of drug-likeness (QED) is 0.612. The summed E-state index contributed by atoms with van der Waals surface area (Å²) < 4.78 is 23.1. The van der Waals surface area contributed by atoms with Gasteiger partial charge in [0.2, 0.25) is 0 Å². The van der Waals surface area contributed by atoms with Crippen molar-refractivity contribution in [2.45, 2.75) is 4.90 Å². The molecule has 0 atom stereocenters. The summed E-state index contributed by atoms with van der Waals surface area (Å²) in [6, 6.07) is 18.6. The number of fused-ring (bicyclic) bond motifs is 1. The summed E-state index contributed by atoms with van der Waals surface area (Å²) in [6.45, 7) is 0. The van der Waals surface area contributed by atoms with Crippen molar-refractivity contribution in [1.82, 2.24) is 15.0 Å². The average molecular weight is 349 g/mol. The molecule has 0 saturated heterocycles. The number of benzene rings is 2. The van der Waals surface area contributed by atoms with Crippen molar-refractivity contribution in [1.29, 1.82) is 0 Å². The molecule has 0 spiro atoms. The lowest BCUT2D eigenvalue weighted by atomic mass is 10.1. The molecule has 6 heteroatoms. The summed E-state index contributed by atoms with van der Waals surface area (Å²) in [6.07, 6.45) is 2.94. The number of sulfone groups is 1. The van der Waals surface area contributed by atoms with E-state index in [2.05, 4.69) is 15.0 Å². The van der Waals surface area contributed by atoms with Crippen LogP contribution in [0.1, 0.15) is 0 Å². The molecule has 0 fully saturated rings. The summed E-state index contributed by atoms with van der Waals surface area (Å²) in [7, 11) is -3.20. The molecule has 5 nitrogen and oxygen atoms in total. The lowest BCUT2D eigenvalue weighted by Crippen LogP contribution is -1.96. The Balaban J connectivity index is 1.74. The molecule has 2 aromatic heterocycles. The molecule has 0 amide bonds. The SMILES string of the molecule is CS(=O)(=O)c1ccc(-c2cnc3nc(-c4ccccc4)[nH]c3c2)cc1. The Morgan fingerprint density at radius 2 is 1.60 bits per heavy atom. The van der Waals surface area contributed by atoms with Crippen molar-refractivity contribution in [2.24, 2.45) is 0 Å². The fourth-order valence-electron chi connectivity index (χ4n) is 2.69. The fourth-order valence-corrected chi connectivity index (χ4v) is 3.32. The number of aromatic nitrogens is 3. The van der Waals surface area contributed by atoms with E-state index in [0.29, 0.717) is 10.5 Å². The number of imidazole rings is 1. The van der Waals surface area contributed by atoms with Gasteiger partial charge in [-0.1, -0.05) is 42.5 Å². The summed E-state index contributed by atoms with van der Waals surface area (Å²) >= 11 is 0. The van der Waals surface area contributed by atoms with E-state index < -0.39 is 9.84 Å². The lowest BCUT2D eigenvalue weighted by Gasteiger charge is -2.03. The van der Waals surface area contributed by atoms with Gasteiger partial charge in [-0.2, -0.15) is 0 Å². The highest BCUT2D eigenvalue weighted by Crippen LogP contribution is 2.25. The van der Waals surface area contributed by atoms with Crippen LogP contribution in [0.25, 0.3) is 33.7 Å². The highest BCUT2D eigenvalue weighted by Gasteiger charge is 2.10. The molecule has 1 N–H and O–H groups in total. The normalized spacial score (nSPS) is 11.7. The Morgan fingerprint density at radius 1 is 0.880 bits per heavy atom. The molecule has 4 aromatic rings. The van der Waals surface area contributed by atoms with E-state index in [9.17, 15) is 8.42 Å². The van der Waals surface area contributed by atoms with E-state index in [1.807, 2.05) is 36.4 Å². The van der Waals surface area contributed by atoms with Crippen LogP contribution in [0.15, 0.2) is 71.8 Å². The molecule has 2 heterocycles. The van der Waals surface area contributed by atoms with Crippen LogP contribution in [-0.2, 0) is 9.84 Å². The molecule has 25 heavy (non-hydrogen) atoms. The molecule has 0 aliphatic carbocycles. The average Bonchev–Trinajstić information content (AvgIpc) is 3.05. The predicted molar refractivity (Wildman–Crippen MR) is 97.9 cm³/mol. The third kappa shape index (κ3) is 3.04. The number of rotatable bonds is 3. The Hall–Kier alpha value is -2.99. The summed E-state index contributed by atoms with van der Waals surface area (Å²) in [5.41, 5.74) is 4.28. The highest BCUT2D eigenvalue weighted by atomic mass is 32.2. The molecule has 0 bridgehead atoms. The third-order valence-corrected chi connectivity index (χ3v) is 5.13. The van der Waals surface area contributed by atoms with Crippen molar-refractivity contribution >= 4 is 21.0 Å². The Kier molecular flexibility index (Phi) is 3.62. The van der Waals surface area contributed by atoms with Crippen LogP contribution in [0.5, 0.6) is 0 Å². The second-order valence-corrected chi connectivity index (χ2v) is 7.86. The van der Waals surface area contributed by atoms with Crippen molar-refractivity contribution in [3.05, 3.63) is 66.9 Å². The highest BCUT2D eigenvalue weighted by molar-refractivity contribution is 7.90. The van der Waals surface area contributed by atoms with Gasteiger partial charge in [0.15, 0.2) is 15.5 Å². The first-order valence-corrected chi connectivity index (χ1v) is 9.61. The van der Waals surface area contributed by atoms with Gasteiger partial charge in [0.1, 0.15) is 5.82 Å². The van der Waals surface area contributed by atoms with Gasteiger partial charge >= 0.3 is 0 Å². The van der Waals surface area contributed by atoms with Crippen molar-refractivity contribution in [3.63, 3.8) is 0 Å². The topological polar surface area (TPSA) is 75.7 Å². The van der Waals surface area contributed by atoms with Gasteiger partial charge < -0.3 is 4.98 Å². The molecular weight excluding hydrogens is 334 g/mol. The van der Waals surface area contributed by atoms with Gasteiger partial charge in [0.05, 0.1) is 10.4 Å². The van der Waals surface area contributed by atoms with E-state index >= 15 is 0 Å². The smallest absolute Gasteiger partial charge is 0.178 e. The molecule has 0 aliphatic heterocycles. The molecule has 0 radical (unpaired) electrons. The zero-order valence-corrected chi connectivity index (χ0v) is 14.3. The van der Waals surface area contributed by atoms with Gasteiger partial charge in [-0.3, -0.25) is 0 Å². The van der Waals surface area contributed by atoms with Gasteiger partial charge in [-0.15, -0.1) is 0 Å². The van der Waals surface area contributed by atoms with Crippen molar-refractivity contribution < 1.29 is 8.42 Å². The monoisotopic (exact) mass is 349 g/mol. The number of hydrogen-bond donors (Lipinski definition) is 1. The van der Waals surface area contributed by atoms with Crippen LogP contribution in [0.2, 0.25) is 0 Å². The summed E-state index contributed by atoms with van der Waals surface area (Å²) in [5.74, 6) is 0.771. The van der Waals surface area contributed by atoms with Gasteiger partial charge in [0, 0.05) is 23.6 Å². The van der Waals surface area contributed by atoms with E-state index in [4.69, 9.17) is 0 Å². The number of H-pyrrole nitrogens is 1. The number of nitrogens with zero attached hydrogens (tertiary/aromatic N) is 2. The second-order valence-electron chi connectivity index (χ2n) is 5.84. The van der Waals surface area contributed by atoms with Crippen LogP contribution >= 0.6 is 0 Å². The van der Waals surface area contributed by atoms with Gasteiger partial charge in [0.25, 0.3) is 0 Å². The van der Waals surface area contributed by atoms with Crippen LogP contribution in [0, 0.1) is 0 Å². The number of nitrogens with one attached hydrogen (secondary N) is 1. The molecular formula is C19H15N3O2S. The Labute approximate surface area is 145 Å². The maximum Gasteiger partial charge on any atom is 0.178 e. The molecule has 4 rings (SSSR count). The molecule has 0 aliphatic rings. The maximum atomic E-state index is 11.6. The number of aromatic amines is 1. The minimum absolute atomic E-state index is 0.304. The first-order chi connectivity index (χ1) is 12.0. The van der Waals surface area contributed by atoms with Crippen LogP contribution in [0.3, 0.4) is 0 Å². The van der Waals surface area contributed by atoms with Gasteiger partial charge in [-0.25, -0.2) is 18.4 Å². The number of pyridine rings is 1. The lowest BCUT2D eigenvalue weighted by molar-refractivity contribution is 0.602. The molecule has 0 saturated carbocycles. The third-order valence-electron chi connectivity index (χ3n) is 4.00. The number of hydrogen-bond acceptors (Lipinski definition) is 4.